The van der Waals surface area contributed by atoms with Gasteiger partial charge in [-0.25, -0.2) is 0 Å². The van der Waals surface area contributed by atoms with Crippen LogP contribution in [0.4, 0.5) is 0 Å². The predicted molar refractivity (Wildman–Crippen MR) is 49.1 cm³/mol. The van der Waals surface area contributed by atoms with Crippen LogP contribution in [0.25, 0.3) is 0 Å². The fourth-order valence-electron chi connectivity index (χ4n) is 0.564. The van der Waals surface area contributed by atoms with E-state index < -0.39 is 0 Å². The van der Waals surface area contributed by atoms with E-state index in [1.54, 1.807) is 0 Å². The number of rotatable bonds is 2. The third kappa shape index (κ3) is 3.20. The van der Waals surface area contributed by atoms with Gasteiger partial charge < -0.3 is 9.47 Å². The van der Waals surface area contributed by atoms with Gasteiger partial charge in [0.2, 0.25) is 0 Å². The highest BCUT2D eigenvalue weighted by Gasteiger charge is 2.34. The smallest absolute Gasteiger partial charge is 0.107 e. The molecule has 2 unspecified atom stereocenters. The molecule has 2 atom stereocenters. The summed E-state index contributed by atoms with van der Waals surface area (Å²) in [4.78, 5) is 0. The predicted octanol–water partition coefficient (Wildman–Crippen LogP) is 1.92. The highest BCUT2D eigenvalue weighted by Crippen LogP contribution is 2.25. The van der Waals surface area contributed by atoms with Gasteiger partial charge in [0, 0.05) is 0 Å². The minimum absolute atomic E-state index is 0.0556. The molecule has 0 aliphatic carbocycles. The minimum Gasteiger partial charge on any atom is -0.368 e. The Bertz CT molecular complexity index is 188. The SMILES string of the molecule is C=C(C)C1CO1.C=CC1(C)CO1. The minimum atomic E-state index is 0.0556. The number of ether oxygens (including phenoxy) is 2. The van der Waals surface area contributed by atoms with Gasteiger partial charge in [0.25, 0.3) is 0 Å². The third-order valence-electron chi connectivity index (χ3n) is 1.91. The first-order chi connectivity index (χ1) is 5.57. The summed E-state index contributed by atoms with van der Waals surface area (Å²) in [7, 11) is 0. The molecule has 2 rings (SSSR count). The van der Waals surface area contributed by atoms with Gasteiger partial charge in [0.15, 0.2) is 0 Å². The van der Waals surface area contributed by atoms with E-state index in [2.05, 4.69) is 13.2 Å². The molecule has 2 aliphatic rings. The van der Waals surface area contributed by atoms with Crippen LogP contribution >= 0.6 is 0 Å². The molecule has 0 aromatic rings. The van der Waals surface area contributed by atoms with Crippen LogP contribution in [0.5, 0.6) is 0 Å². The standard InChI is InChI=1S/2C5H8O/c1-4(2)5-3-6-5;1-3-5(2)4-6-5/h5H,1,3H2,2H3;3H,1,4H2,2H3. The summed E-state index contributed by atoms with van der Waals surface area (Å²) >= 11 is 0. The lowest BCUT2D eigenvalue weighted by Gasteiger charge is -1.86. The monoisotopic (exact) mass is 168 g/mol. The molecular formula is C10H16O2. The van der Waals surface area contributed by atoms with Crippen molar-refractivity contribution in [1.82, 2.24) is 0 Å². The van der Waals surface area contributed by atoms with E-state index in [1.165, 1.54) is 0 Å². The van der Waals surface area contributed by atoms with Crippen LogP contribution in [0.15, 0.2) is 24.8 Å². The first-order valence-corrected chi connectivity index (χ1v) is 4.12. The van der Waals surface area contributed by atoms with Gasteiger partial charge in [0.1, 0.15) is 11.7 Å². The molecule has 2 aliphatic heterocycles. The van der Waals surface area contributed by atoms with Crippen molar-refractivity contribution in [3.05, 3.63) is 24.8 Å². The summed E-state index contributed by atoms with van der Waals surface area (Å²) in [6.07, 6.45) is 2.23. The van der Waals surface area contributed by atoms with Crippen molar-refractivity contribution in [3.8, 4) is 0 Å². The second kappa shape index (κ2) is 3.42. The number of hydrogen-bond donors (Lipinski definition) is 0. The molecule has 0 spiro atoms. The molecule has 2 saturated heterocycles. The topological polar surface area (TPSA) is 25.1 Å². The third-order valence-corrected chi connectivity index (χ3v) is 1.91. The summed E-state index contributed by atoms with van der Waals surface area (Å²) in [5.41, 5.74) is 1.20. The van der Waals surface area contributed by atoms with E-state index in [9.17, 15) is 0 Å². The van der Waals surface area contributed by atoms with Crippen molar-refractivity contribution in [1.29, 1.82) is 0 Å². The zero-order valence-electron chi connectivity index (χ0n) is 7.80. The maximum absolute atomic E-state index is 4.93. The average molecular weight is 168 g/mol. The molecule has 0 saturated carbocycles. The summed E-state index contributed by atoms with van der Waals surface area (Å²) in [6, 6.07) is 0. The second-order valence-corrected chi connectivity index (χ2v) is 3.47. The zero-order valence-corrected chi connectivity index (χ0v) is 7.80. The highest BCUT2D eigenvalue weighted by atomic mass is 16.6. The summed E-state index contributed by atoms with van der Waals surface area (Å²) in [5, 5.41) is 0. The molecule has 2 heteroatoms. The summed E-state index contributed by atoms with van der Waals surface area (Å²) < 4.78 is 9.80. The van der Waals surface area contributed by atoms with Crippen molar-refractivity contribution >= 4 is 0 Å². The fraction of sp³-hybridized carbons (Fsp3) is 0.600. The molecule has 2 heterocycles. The van der Waals surface area contributed by atoms with Crippen molar-refractivity contribution in [2.24, 2.45) is 0 Å². The maximum Gasteiger partial charge on any atom is 0.107 e. The molecule has 0 N–H and O–H groups in total. The largest absolute Gasteiger partial charge is 0.368 e. The Morgan fingerprint density at radius 3 is 2.17 bits per heavy atom. The van der Waals surface area contributed by atoms with Gasteiger partial charge in [-0.1, -0.05) is 12.7 Å². The second-order valence-electron chi connectivity index (χ2n) is 3.47. The van der Waals surface area contributed by atoms with E-state index >= 15 is 0 Å². The Hall–Kier alpha value is -0.600. The molecule has 0 aromatic heterocycles. The summed E-state index contributed by atoms with van der Waals surface area (Å²) in [6.45, 7) is 13.0. The number of hydrogen-bond acceptors (Lipinski definition) is 2. The zero-order chi connectivity index (χ0) is 9.19. The van der Waals surface area contributed by atoms with Crippen molar-refractivity contribution in [3.63, 3.8) is 0 Å². The van der Waals surface area contributed by atoms with Gasteiger partial charge in [-0.2, -0.15) is 0 Å². The van der Waals surface area contributed by atoms with Crippen LogP contribution in [-0.4, -0.2) is 24.9 Å². The Balaban J connectivity index is 0.000000120. The quantitative estimate of drug-likeness (QED) is 0.465. The van der Waals surface area contributed by atoms with Crippen LogP contribution < -0.4 is 0 Å². The first kappa shape index (κ1) is 9.49. The summed E-state index contributed by atoms with van der Waals surface area (Å²) in [5.74, 6) is 0. The molecular weight excluding hydrogens is 152 g/mol. The van der Waals surface area contributed by atoms with Gasteiger partial charge in [-0.3, -0.25) is 0 Å². The van der Waals surface area contributed by atoms with Gasteiger partial charge in [0.05, 0.1) is 13.2 Å². The van der Waals surface area contributed by atoms with Crippen molar-refractivity contribution < 1.29 is 9.47 Å². The molecule has 12 heavy (non-hydrogen) atoms. The molecule has 0 bridgehead atoms. The van der Waals surface area contributed by atoms with Crippen molar-refractivity contribution in [2.45, 2.75) is 25.6 Å². The van der Waals surface area contributed by atoms with Crippen LogP contribution in [0.1, 0.15) is 13.8 Å². The Kier molecular flexibility index (Phi) is 2.70. The van der Waals surface area contributed by atoms with Crippen LogP contribution in [-0.2, 0) is 9.47 Å². The average Bonchev–Trinajstić information content (AvgIpc) is 2.83. The highest BCUT2D eigenvalue weighted by molar-refractivity contribution is 5.03. The van der Waals surface area contributed by atoms with E-state index in [1.807, 2.05) is 19.9 Å². The van der Waals surface area contributed by atoms with E-state index in [0.29, 0.717) is 6.10 Å². The maximum atomic E-state index is 4.93. The number of epoxide rings is 2. The van der Waals surface area contributed by atoms with Gasteiger partial charge in [-0.15, -0.1) is 6.58 Å². The molecule has 0 radical (unpaired) electrons. The van der Waals surface area contributed by atoms with E-state index in [0.717, 1.165) is 18.8 Å². The van der Waals surface area contributed by atoms with E-state index in [4.69, 9.17) is 9.47 Å². The molecule has 2 nitrogen and oxygen atoms in total. The van der Waals surface area contributed by atoms with Crippen LogP contribution in [0, 0.1) is 0 Å². The van der Waals surface area contributed by atoms with E-state index in [-0.39, 0.29) is 5.60 Å². The van der Waals surface area contributed by atoms with Gasteiger partial charge >= 0.3 is 0 Å². The van der Waals surface area contributed by atoms with Crippen LogP contribution in [0.2, 0.25) is 0 Å². The normalized spacial score (nSPS) is 36.0. The Labute approximate surface area is 73.9 Å². The fourth-order valence-corrected chi connectivity index (χ4v) is 0.564. The molecule has 68 valence electrons. The van der Waals surface area contributed by atoms with Crippen LogP contribution in [0.3, 0.4) is 0 Å². The molecule has 0 amide bonds. The first-order valence-electron chi connectivity index (χ1n) is 4.12. The van der Waals surface area contributed by atoms with Crippen molar-refractivity contribution in [2.75, 3.05) is 13.2 Å². The lowest BCUT2D eigenvalue weighted by atomic mass is 10.2. The molecule has 0 aromatic carbocycles. The lowest BCUT2D eigenvalue weighted by molar-refractivity contribution is 0.370. The van der Waals surface area contributed by atoms with Gasteiger partial charge in [-0.05, 0) is 19.4 Å². The Morgan fingerprint density at radius 1 is 1.67 bits per heavy atom. The lowest BCUT2D eigenvalue weighted by Crippen LogP contribution is -1.94. The Morgan fingerprint density at radius 2 is 2.17 bits per heavy atom. The molecule has 2 fully saturated rings.